The minimum absolute atomic E-state index is 0.0331. The lowest BCUT2D eigenvalue weighted by Crippen LogP contribution is -2.46. The minimum atomic E-state index is -0.678. The summed E-state index contributed by atoms with van der Waals surface area (Å²) < 4.78 is 10.3. The molecule has 0 saturated carbocycles. The Labute approximate surface area is 160 Å². The van der Waals surface area contributed by atoms with E-state index in [4.69, 9.17) is 20.8 Å². The maximum atomic E-state index is 12.1. The lowest BCUT2D eigenvalue weighted by atomic mass is 9.99. The Balaban J connectivity index is 1.94. The maximum absolute atomic E-state index is 12.1. The Bertz CT molecular complexity index is 768. The van der Waals surface area contributed by atoms with Crippen LogP contribution in [0.2, 0.25) is 5.02 Å². The van der Waals surface area contributed by atoms with Crippen molar-refractivity contribution >= 4 is 35.2 Å². The number of methoxy groups -OCH3 is 1. The average molecular weight is 398 g/mol. The molecule has 7 nitrogen and oxygen atoms in total. The summed E-state index contributed by atoms with van der Waals surface area (Å²) >= 11 is 7.03. The highest BCUT2D eigenvalue weighted by atomic mass is 35.5. The number of rotatable bonds is 8. The Morgan fingerprint density at radius 2 is 2.15 bits per heavy atom. The van der Waals surface area contributed by atoms with Crippen LogP contribution in [0, 0.1) is 5.92 Å². The topological polar surface area (TPSA) is 94.3 Å². The first-order valence-electron chi connectivity index (χ1n) is 8.04. The van der Waals surface area contributed by atoms with Crippen LogP contribution in [-0.4, -0.2) is 41.0 Å². The zero-order valence-electron chi connectivity index (χ0n) is 14.7. The van der Waals surface area contributed by atoms with E-state index < -0.39 is 12.0 Å². The molecule has 0 saturated heterocycles. The number of hydrogen-bond donors (Lipinski definition) is 1. The molecule has 2 rings (SSSR count). The molecule has 1 aromatic heterocycles. The van der Waals surface area contributed by atoms with Gasteiger partial charge in [0.15, 0.2) is 0 Å². The van der Waals surface area contributed by atoms with Crippen molar-refractivity contribution in [1.29, 1.82) is 0 Å². The summed E-state index contributed by atoms with van der Waals surface area (Å²) in [5.41, 5.74) is 0.698. The Morgan fingerprint density at radius 3 is 2.81 bits per heavy atom. The second-order valence-electron chi connectivity index (χ2n) is 5.63. The fraction of sp³-hybridized carbons (Fsp3) is 0.412. The van der Waals surface area contributed by atoms with Crippen LogP contribution in [0.3, 0.4) is 0 Å². The van der Waals surface area contributed by atoms with Gasteiger partial charge in [-0.15, -0.1) is 10.2 Å². The summed E-state index contributed by atoms with van der Waals surface area (Å²) in [6.07, 6.45) is 0.736. The first-order chi connectivity index (χ1) is 12.4. The van der Waals surface area contributed by atoms with Crippen molar-refractivity contribution < 1.29 is 18.7 Å². The predicted molar refractivity (Wildman–Crippen MR) is 98.9 cm³/mol. The van der Waals surface area contributed by atoms with Crippen molar-refractivity contribution in [1.82, 2.24) is 15.5 Å². The van der Waals surface area contributed by atoms with E-state index >= 15 is 0 Å². The normalized spacial score (nSPS) is 13.1. The molecule has 9 heteroatoms. The van der Waals surface area contributed by atoms with Gasteiger partial charge in [-0.2, -0.15) is 0 Å². The molecule has 0 fully saturated rings. The van der Waals surface area contributed by atoms with Gasteiger partial charge < -0.3 is 14.5 Å². The predicted octanol–water partition coefficient (Wildman–Crippen LogP) is 3.19. The van der Waals surface area contributed by atoms with Crippen LogP contribution in [-0.2, 0) is 14.3 Å². The van der Waals surface area contributed by atoms with Gasteiger partial charge in [0.1, 0.15) is 6.04 Å². The van der Waals surface area contributed by atoms with Gasteiger partial charge in [-0.25, -0.2) is 4.79 Å². The highest BCUT2D eigenvalue weighted by molar-refractivity contribution is 7.99. The lowest BCUT2D eigenvalue weighted by Gasteiger charge is -2.21. The number of benzene rings is 1. The molecule has 1 heterocycles. The van der Waals surface area contributed by atoms with Gasteiger partial charge in [-0.05, 0) is 24.1 Å². The molecule has 0 aliphatic heterocycles. The number of ether oxygens (including phenoxy) is 1. The van der Waals surface area contributed by atoms with Crippen molar-refractivity contribution in [3.05, 3.63) is 29.3 Å². The minimum Gasteiger partial charge on any atom is -0.467 e. The molecule has 1 amide bonds. The molecule has 2 atom stereocenters. The van der Waals surface area contributed by atoms with E-state index in [1.54, 1.807) is 24.3 Å². The monoisotopic (exact) mass is 397 g/mol. The summed E-state index contributed by atoms with van der Waals surface area (Å²) in [6, 6.07) is 6.36. The molecule has 1 aromatic carbocycles. The summed E-state index contributed by atoms with van der Waals surface area (Å²) in [6.45, 7) is 3.82. The number of amides is 1. The number of nitrogens with one attached hydrogen (secondary N) is 1. The molecular weight excluding hydrogens is 378 g/mol. The largest absolute Gasteiger partial charge is 0.467 e. The van der Waals surface area contributed by atoms with Crippen LogP contribution in [0.15, 0.2) is 33.9 Å². The molecule has 140 valence electrons. The van der Waals surface area contributed by atoms with Crippen LogP contribution in [0.25, 0.3) is 11.5 Å². The van der Waals surface area contributed by atoms with Gasteiger partial charge in [-0.3, -0.25) is 4.79 Å². The average Bonchev–Trinajstić information content (AvgIpc) is 3.12. The standard InChI is InChI=1S/C17H20ClN3O4S/c1-4-10(2)14(16(23)24-3)19-13(22)9-26-17-21-20-15(25-17)11-6-5-7-12(18)8-11/h5-8,10,14H,4,9H2,1-3H3,(H,19,22)/t10-,14+/m1/s1. The number of hydrogen-bond acceptors (Lipinski definition) is 7. The summed E-state index contributed by atoms with van der Waals surface area (Å²) in [4.78, 5) is 24.0. The van der Waals surface area contributed by atoms with Gasteiger partial charge in [0.05, 0.1) is 12.9 Å². The molecule has 0 unspecified atom stereocenters. The van der Waals surface area contributed by atoms with E-state index in [1.807, 2.05) is 13.8 Å². The molecule has 0 aliphatic rings. The van der Waals surface area contributed by atoms with Crippen molar-refractivity contribution in [2.45, 2.75) is 31.5 Å². The fourth-order valence-electron chi connectivity index (χ4n) is 2.14. The van der Waals surface area contributed by atoms with Crippen LogP contribution in [0.1, 0.15) is 20.3 Å². The van der Waals surface area contributed by atoms with Crippen molar-refractivity contribution in [2.75, 3.05) is 12.9 Å². The Morgan fingerprint density at radius 1 is 1.38 bits per heavy atom. The zero-order chi connectivity index (χ0) is 19.1. The fourth-order valence-corrected chi connectivity index (χ4v) is 2.91. The van der Waals surface area contributed by atoms with Crippen molar-refractivity contribution in [3.63, 3.8) is 0 Å². The smallest absolute Gasteiger partial charge is 0.328 e. The van der Waals surface area contributed by atoms with E-state index in [0.29, 0.717) is 16.5 Å². The summed E-state index contributed by atoms with van der Waals surface area (Å²) in [5.74, 6) is -0.440. The van der Waals surface area contributed by atoms with Crippen LogP contribution in [0.5, 0.6) is 0 Å². The summed E-state index contributed by atoms with van der Waals surface area (Å²) in [7, 11) is 1.30. The third kappa shape index (κ3) is 5.47. The maximum Gasteiger partial charge on any atom is 0.328 e. The zero-order valence-corrected chi connectivity index (χ0v) is 16.3. The van der Waals surface area contributed by atoms with Gasteiger partial charge in [0.2, 0.25) is 11.8 Å². The lowest BCUT2D eigenvalue weighted by molar-refractivity contribution is -0.146. The second-order valence-corrected chi connectivity index (χ2v) is 6.99. The van der Waals surface area contributed by atoms with Gasteiger partial charge in [0.25, 0.3) is 5.22 Å². The quantitative estimate of drug-likeness (QED) is 0.539. The number of nitrogens with zero attached hydrogens (tertiary/aromatic N) is 2. The molecule has 0 bridgehead atoms. The molecule has 0 radical (unpaired) electrons. The van der Waals surface area contributed by atoms with Crippen LogP contribution in [0.4, 0.5) is 0 Å². The van der Waals surface area contributed by atoms with Crippen molar-refractivity contribution in [2.24, 2.45) is 5.92 Å². The third-order valence-electron chi connectivity index (χ3n) is 3.79. The first-order valence-corrected chi connectivity index (χ1v) is 9.40. The highest BCUT2D eigenvalue weighted by Gasteiger charge is 2.26. The molecule has 0 aliphatic carbocycles. The van der Waals surface area contributed by atoms with Gasteiger partial charge in [-0.1, -0.05) is 49.7 Å². The molecule has 26 heavy (non-hydrogen) atoms. The molecular formula is C17H20ClN3O4S. The number of esters is 1. The number of carbonyl (C=O) groups is 2. The van der Waals surface area contributed by atoms with E-state index in [2.05, 4.69) is 15.5 Å². The van der Waals surface area contributed by atoms with Crippen LogP contribution >= 0.6 is 23.4 Å². The number of halogens is 1. The molecule has 2 aromatic rings. The van der Waals surface area contributed by atoms with Gasteiger partial charge >= 0.3 is 5.97 Å². The molecule has 1 N–H and O–H groups in total. The van der Waals surface area contributed by atoms with Crippen molar-refractivity contribution in [3.8, 4) is 11.5 Å². The van der Waals surface area contributed by atoms with Crippen LogP contribution < -0.4 is 5.32 Å². The second kappa shape index (κ2) is 9.59. The van der Waals surface area contributed by atoms with E-state index in [9.17, 15) is 9.59 Å². The SMILES string of the molecule is CC[C@@H](C)[C@H](NC(=O)CSc1nnc(-c2cccc(Cl)c2)o1)C(=O)OC. The van der Waals surface area contributed by atoms with E-state index in [-0.39, 0.29) is 22.8 Å². The number of thioether (sulfide) groups is 1. The van der Waals surface area contributed by atoms with E-state index in [1.165, 1.54) is 7.11 Å². The highest BCUT2D eigenvalue weighted by Crippen LogP contribution is 2.25. The number of carbonyl (C=O) groups excluding carboxylic acids is 2. The van der Waals surface area contributed by atoms with Gasteiger partial charge in [0, 0.05) is 10.6 Å². The Hall–Kier alpha value is -2.06. The van der Waals surface area contributed by atoms with E-state index in [0.717, 1.165) is 18.2 Å². The Kier molecular flexibility index (Phi) is 7.47. The molecule has 0 spiro atoms. The first kappa shape index (κ1) is 20.3. The number of aromatic nitrogens is 2. The summed E-state index contributed by atoms with van der Waals surface area (Å²) in [5, 5.41) is 11.4. The third-order valence-corrected chi connectivity index (χ3v) is 4.84.